The molecule has 0 aliphatic rings. The summed E-state index contributed by atoms with van der Waals surface area (Å²) in [7, 11) is 0. The molecule has 0 radical (unpaired) electrons. The van der Waals surface area contributed by atoms with Gasteiger partial charge in [-0.1, -0.05) is 191 Å². The maximum absolute atomic E-state index is 14.4. The van der Waals surface area contributed by atoms with Crippen LogP contribution in [0.3, 0.4) is 0 Å². The van der Waals surface area contributed by atoms with E-state index in [0.717, 1.165) is 124 Å². The molecule has 502 valence electrons. The topological polar surface area (TPSA) is 161 Å². The van der Waals surface area contributed by atoms with E-state index in [2.05, 4.69) is 46.1 Å². The maximum atomic E-state index is 14.4. The van der Waals surface area contributed by atoms with Crippen LogP contribution >= 0.6 is 0 Å². The predicted molar refractivity (Wildman–Crippen MR) is 379 cm³/mol. The first kappa shape index (κ1) is 74.0. The molecular formula is C79H106N4O10. The van der Waals surface area contributed by atoms with Crippen molar-refractivity contribution in [2.45, 2.75) is 228 Å². The van der Waals surface area contributed by atoms with E-state index >= 15 is 0 Å². The fourth-order valence-electron chi connectivity index (χ4n) is 11.2. The van der Waals surface area contributed by atoms with Crippen molar-refractivity contribution in [3.05, 3.63) is 155 Å². The van der Waals surface area contributed by atoms with Crippen LogP contribution in [0, 0.1) is 10.1 Å². The zero-order chi connectivity index (χ0) is 66.4. The SMILES string of the molecule is C=CCCCCCCCCCOc1ccc(-c2ccc(C(=O)Oc3cc(N(CC)CC)c(O[C@@H](C)CCCCCC)cc3N=Nc3cc(OC(=O)c4ccc(-c5ccc(OCCCCCCCCCC)cc5)cc4)c([N+](=O)[O-])cc3O[C@@H](C)CCCCCC)cc2)cc1. The van der Waals surface area contributed by atoms with Gasteiger partial charge in [-0.05, 0) is 150 Å². The Morgan fingerprint density at radius 3 is 1.28 bits per heavy atom. The average molecular weight is 1270 g/mol. The van der Waals surface area contributed by atoms with E-state index in [9.17, 15) is 19.7 Å². The van der Waals surface area contributed by atoms with Gasteiger partial charge >= 0.3 is 17.6 Å². The van der Waals surface area contributed by atoms with Gasteiger partial charge in [-0.25, -0.2) is 9.59 Å². The van der Waals surface area contributed by atoms with Gasteiger partial charge < -0.3 is 33.3 Å². The molecule has 0 N–H and O–H groups in total. The number of anilines is 1. The van der Waals surface area contributed by atoms with Gasteiger partial charge in [-0.2, -0.15) is 0 Å². The number of hydrogen-bond acceptors (Lipinski definition) is 13. The molecule has 0 bridgehead atoms. The van der Waals surface area contributed by atoms with Gasteiger partial charge in [0.05, 0.1) is 53.2 Å². The molecule has 14 nitrogen and oxygen atoms in total. The summed E-state index contributed by atoms with van der Waals surface area (Å²) in [6.45, 7) is 21.0. The highest BCUT2D eigenvalue weighted by atomic mass is 16.6. The second-order valence-corrected chi connectivity index (χ2v) is 24.5. The number of ether oxygens (including phenoxy) is 6. The van der Waals surface area contributed by atoms with Crippen LogP contribution in [0.15, 0.2) is 144 Å². The molecule has 6 rings (SSSR count). The standard InChI is InChI=1S/C79H106N4O10/c1-9-15-19-23-25-27-29-31-35-55-89-69-50-46-64(47-51-69)62-38-42-66(43-39-62)78(84)92-75-58-72(82(13-5)14-6)76(91-61(8)37-33-22-18-12-4)56-71(75)81-80-70-57-77(73(83(86)87)59-74(70)90-60(7)36-32-21-17-11-3)93-79(85)67-44-40-63(41-45-67)65-48-52-68(53-49-65)88-54-34-30-28-26-24-20-16-10-2/h9,38-53,56-61H,1,10-37,54-55H2,2-8H3/t60-,61-/m0/s1. The van der Waals surface area contributed by atoms with Gasteiger partial charge in [0.25, 0.3) is 0 Å². The first-order valence-corrected chi connectivity index (χ1v) is 35.1. The van der Waals surface area contributed by atoms with Crippen LogP contribution < -0.4 is 33.3 Å². The number of carbonyl (C=O) groups is 2. The van der Waals surface area contributed by atoms with Gasteiger partial charge in [0.15, 0.2) is 11.5 Å². The summed E-state index contributed by atoms with van der Waals surface area (Å²) in [6, 6.07) is 36.0. The lowest BCUT2D eigenvalue weighted by Crippen LogP contribution is -2.24. The van der Waals surface area contributed by atoms with E-state index in [-0.39, 0.29) is 46.4 Å². The van der Waals surface area contributed by atoms with E-state index in [1.54, 1.807) is 36.4 Å². The normalized spacial score (nSPS) is 11.9. The van der Waals surface area contributed by atoms with Crippen molar-refractivity contribution in [1.82, 2.24) is 0 Å². The molecule has 14 heteroatoms. The Balaban J connectivity index is 1.27. The van der Waals surface area contributed by atoms with Crippen molar-refractivity contribution in [3.8, 4) is 56.8 Å². The lowest BCUT2D eigenvalue weighted by atomic mass is 10.0. The Bertz CT molecular complexity index is 3180. The first-order valence-electron chi connectivity index (χ1n) is 35.1. The third-order valence-electron chi connectivity index (χ3n) is 16.8. The van der Waals surface area contributed by atoms with Gasteiger partial charge in [0.1, 0.15) is 28.6 Å². The molecule has 0 fully saturated rings. The monoisotopic (exact) mass is 1270 g/mol. The van der Waals surface area contributed by atoms with Crippen molar-refractivity contribution >= 4 is 34.7 Å². The van der Waals surface area contributed by atoms with Crippen LogP contribution in [-0.4, -0.2) is 55.4 Å². The molecule has 6 aromatic carbocycles. The lowest BCUT2D eigenvalue weighted by molar-refractivity contribution is -0.385. The summed E-state index contributed by atoms with van der Waals surface area (Å²) in [6.07, 6.45) is 30.7. The quantitative estimate of drug-likeness (QED) is 0.00680. The Morgan fingerprint density at radius 2 is 0.849 bits per heavy atom. The summed E-state index contributed by atoms with van der Waals surface area (Å²) >= 11 is 0. The fourth-order valence-corrected chi connectivity index (χ4v) is 11.2. The van der Waals surface area contributed by atoms with Gasteiger partial charge in [0.2, 0.25) is 5.75 Å². The Morgan fingerprint density at radius 1 is 0.473 bits per heavy atom. The van der Waals surface area contributed by atoms with Crippen LogP contribution in [0.4, 0.5) is 22.7 Å². The number of unbranched alkanes of at least 4 members (excludes halogenated alkanes) is 20. The third kappa shape index (κ3) is 25.8. The summed E-state index contributed by atoms with van der Waals surface area (Å²) in [5, 5.41) is 22.4. The molecule has 0 aliphatic carbocycles. The molecule has 0 unspecified atom stereocenters. The smallest absolute Gasteiger partial charge is 0.343 e. The summed E-state index contributed by atoms with van der Waals surface area (Å²) in [4.78, 5) is 42.8. The van der Waals surface area contributed by atoms with Crippen molar-refractivity contribution in [3.63, 3.8) is 0 Å². The Labute approximate surface area is 556 Å². The molecule has 0 spiro atoms. The number of nitro groups is 1. The van der Waals surface area contributed by atoms with Gasteiger partial charge in [-0.15, -0.1) is 16.8 Å². The minimum atomic E-state index is -0.810. The third-order valence-corrected chi connectivity index (χ3v) is 16.8. The van der Waals surface area contributed by atoms with Crippen LogP contribution in [0.2, 0.25) is 0 Å². The van der Waals surface area contributed by atoms with E-state index in [4.69, 9.17) is 38.6 Å². The second kappa shape index (κ2) is 42.3. The average Bonchev–Trinajstić information content (AvgIpc) is 0.951. The van der Waals surface area contributed by atoms with E-state index < -0.39 is 22.5 Å². The molecule has 0 amide bonds. The van der Waals surface area contributed by atoms with Crippen LogP contribution in [0.1, 0.15) is 236 Å². The zero-order valence-electron chi connectivity index (χ0n) is 57.1. The molecule has 0 aliphatic heterocycles. The molecule has 6 aromatic rings. The number of benzene rings is 6. The minimum Gasteiger partial charge on any atom is -0.494 e. The number of esters is 2. The number of carbonyl (C=O) groups excluding carboxylic acids is 2. The number of nitrogens with zero attached hydrogens (tertiary/aromatic N) is 4. The maximum Gasteiger partial charge on any atom is 0.343 e. The summed E-state index contributed by atoms with van der Waals surface area (Å²) < 4.78 is 37.6. The van der Waals surface area contributed by atoms with Crippen LogP contribution in [-0.2, 0) is 0 Å². The van der Waals surface area contributed by atoms with Gasteiger partial charge in [0, 0.05) is 31.3 Å². The molecule has 0 heterocycles. The molecule has 0 saturated heterocycles. The summed E-state index contributed by atoms with van der Waals surface area (Å²) in [5.74, 6) is 0.522. The van der Waals surface area contributed by atoms with E-state index in [0.29, 0.717) is 49.7 Å². The first-order chi connectivity index (χ1) is 45.4. The minimum absolute atomic E-state index is 0.0490. The fraction of sp³-hybridized carbons (Fsp3) is 0.494. The molecular weight excluding hydrogens is 1160 g/mol. The van der Waals surface area contributed by atoms with Crippen molar-refractivity contribution in [2.75, 3.05) is 31.2 Å². The highest BCUT2D eigenvalue weighted by Gasteiger charge is 2.26. The van der Waals surface area contributed by atoms with Crippen molar-refractivity contribution < 1.29 is 42.9 Å². The highest BCUT2D eigenvalue weighted by molar-refractivity contribution is 5.93. The molecule has 0 saturated carbocycles. The molecule has 93 heavy (non-hydrogen) atoms. The summed E-state index contributed by atoms with van der Waals surface area (Å²) in [5.41, 5.74) is 4.60. The number of nitro benzene ring substituents is 1. The Hall–Kier alpha value is -8.00. The predicted octanol–water partition coefficient (Wildman–Crippen LogP) is 23.3. The number of rotatable bonds is 47. The number of hydrogen-bond donors (Lipinski definition) is 0. The van der Waals surface area contributed by atoms with Gasteiger partial charge in [-0.3, -0.25) is 10.1 Å². The van der Waals surface area contributed by atoms with Crippen molar-refractivity contribution in [2.24, 2.45) is 10.2 Å². The van der Waals surface area contributed by atoms with Crippen molar-refractivity contribution in [1.29, 1.82) is 0 Å². The molecule has 2 atom stereocenters. The van der Waals surface area contributed by atoms with Crippen LogP contribution in [0.25, 0.3) is 22.3 Å². The zero-order valence-corrected chi connectivity index (χ0v) is 57.1. The number of allylic oxidation sites excluding steroid dienone is 1. The largest absolute Gasteiger partial charge is 0.494 e. The highest BCUT2D eigenvalue weighted by Crippen LogP contribution is 2.45. The van der Waals surface area contributed by atoms with E-state index in [1.165, 1.54) is 82.8 Å². The van der Waals surface area contributed by atoms with E-state index in [1.807, 2.05) is 92.7 Å². The second-order valence-electron chi connectivity index (χ2n) is 24.5. The number of azo groups is 1. The lowest BCUT2D eigenvalue weighted by Gasteiger charge is -2.26. The molecule has 0 aromatic heterocycles. The Kier molecular flexibility index (Phi) is 33.7. The van der Waals surface area contributed by atoms with Crippen LogP contribution in [0.5, 0.6) is 34.5 Å².